The molecule has 0 aromatic heterocycles. The lowest BCUT2D eigenvalue weighted by molar-refractivity contribution is -0.136. The lowest BCUT2D eigenvalue weighted by atomic mass is 10.1. The summed E-state index contributed by atoms with van der Waals surface area (Å²) in [5.74, 6) is 1.05. The number of amides is 2. The highest BCUT2D eigenvalue weighted by Gasteiger charge is 2.38. The summed E-state index contributed by atoms with van der Waals surface area (Å²) >= 11 is 0. The number of hydrogen-bond donors (Lipinski definition) is 3. The molecule has 0 unspecified atom stereocenters. The normalized spacial score (nSPS) is 22.8. The zero-order valence-corrected chi connectivity index (χ0v) is 19.0. The molecule has 3 aliphatic rings. The molecule has 3 N–H and O–H groups in total. The van der Waals surface area contributed by atoms with Crippen LogP contribution in [0.2, 0.25) is 0 Å². The number of nitrogens with one attached hydrogen (secondary N) is 1. The van der Waals surface area contributed by atoms with Gasteiger partial charge in [-0.1, -0.05) is 18.2 Å². The molecule has 2 heterocycles. The number of rotatable bonds is 8. The van der Waals surface area contributed by atoms with Gasteiger partial charge in [0.05, 0.1) is 19.6 Å². The third-order valence-electron chi connectivity index (χ3n) is 6.59. The number of benzene rings is 1. The first-order valence-corrected chi connectivity index (χ1v) is 11.7. The predicted molar refractivity (Wildman–Crippen MR) is 122 cm³/mol. The standard InChI is InChI=1S/C23H33N3O4.CH2O2/c27-21-4-2-1-3-18(21)13-22(28)24-15-20-8-7-19(26(20)16-17-5-6-17)14-23(29)25-9-11-30-12-10-25;2-1-3/h1-4,17,19-20,27H,5-16H2,(H,24,28);1H,(H,2,3)/t19-,20+;/m1./s1. The second-order valence-electron chi connectivity index (χ2n) is 8.94. The summed E-state index contributed by atoms with van der Waals surface area (Å²) in [6, 6.07) is 7.50. The van der Waals surface area contributed by atoms with Gasteiger partial charge in [-0.3, -0.25) is 19.3 Å². The van der Waals surface area contributed by atoms with Gasteiger partial charge in [0.25, 0.3) is 6.47 Å². The molecule has 1 aromatic rings. The number of ether oxygens (including phenoxy) is 1. The quantitative estimate of drug-likeness (QED) is 0.499. The van der Waals surface area contributed by atoms with Crippen LogP contribution in [-0.4, -0.2) is 89.8 Å². The van der Waals surface area contributed by atoms with E-state index in [9.17, 15) is 14.7 Å². The molecule has 2 amide bonds. The lowest BCUT2D eigenvalue weighted by Gasteiger charge is -2.33. The van der Waals surface area contributed by atoms with Crippen molar-refractivity contribution < 1.29 is 29.3 Å². The molecule has 33 heavy (non-hydrogen) atoms. The number of phenols is 1. The van der Waals surface area contributed by atoms with Crippen LogP contribution in [0.1, 0.15) is 37.7 Å². The predicted octanol–water partition coefficient (Wildman–Crippen LogP) is 1.24. The van der Waals surface area contributed by atoms with Gasteiger partial charge in [-0.2, -0.15) is 0 Å². The Kier molecular flexibility index (Phi) is 9.50. The van der Waals surface area contributed by atoms with E-state index < -0.39 is 0 Å². The van der Waals surface area contributed by atoms with Crippen LogP contribution in [0.5, 0.6) is 5.75 Å². The fraction of sp³-hybridized carbons (Fsp3) is 0.625. The highest BCUT2D eigenvalue weighted by atomic mass is 16.5. The minimum Gasteiger partial charge on any atom is -0.508 e. The molecule has 3 fully saturated rings. The third kappa shape index (κ3) is 7.71. The van der Waals surface area contributed by atoms with Crippen molar-refractivity contribution in [3.63, 3.8) is 0 Å². The van der Waals surface area contributed by atoms with E-state index in [-0.39, 0.29) is 42.5 Å². The number of hydrogen-bond acceptors (Lipinski definition) is 6. The summed E-state index contributed by atoms with van der Waals surface area (Å²) < 4.78 is 5.36. The van der Waals surface area contributed by atoms with Crippen molar-refractivity contribution in [2.75, 3.05) is 39.4 Å². The van der Waals surface area contributed by atoms with Gasteiger partial charge >= 0.3 is 0 Å². The number of para-hydroxylation sites is 1. The molecule has 2 aliphatic heterocycles. The second kappa shape index (κ2) is 12.6. The highest BCUT2D eigenvalue weighted by molar-refractivity contribution is 5.79. The van der Waals surface area contributed by atoms with E-state index in [1.54, 1.807) is 18.2 Å². The van der Waals surface area contributed by atoms with Crippen LogP contribution in [-0.2, 0) is 25.5 Å². The van der Waals surface area contributed by atoms with Gasteiger partial charge in [0.1, 0.15) is 5.75 Å². The topological polar surface area (TPSA) is 119 Å². The van der Waals surface area contributed by atoms with Crippen LogP contribution in [0.25, 0.3) is 0 Å². The highest BCUT2D eigenvalue weighted by Crippen LogP contribution is 2.35. The zero-order valence-electron chi connectivity index (χ0n) is 19.0. The summed E-state index contributed by atoms with van der Waals surface area (Å²) in [5, 5.41) is 19.8. The number of aromatic hydroxyl groups is 1. The minimum atomic E-state index is -0.250. The summed E-state index contributed by atoms with van der Waals surface area (Å²) in [5.41, 5.74) is 0.644. The van der Waals surface area contributed by atoms with E-state index in [2.05, 4.69) is 10.2 Å². The molecule has 0 spiro atoms. The first-order chi connectivity index (χ1) is 16.0. The second-order valence-corrected chi connectivity index (χ2v) is 8.94. The largest absolute Gasteiger partial charge is 0.508 e. The monoisotopic (exact) mass is 461 g/mol. The molecule has 182 valence electrons. The maximum Gasteiger partial charge on any atom is 0.290 e. The Morgan fingerprint density at radius 2 is 1.76 bits per heavy atom. The van der Waals surface area contributed by atoms with Gasteiger partial charge in [0.2, 0.25) is 11.8 Å². The Bertz CT molecular complexity index is 794. The Hall–Kier alpha value is -2.65. The van der Waals surface area contributed by atoms with Crippen LogP contribution in [0.4, 0.5) is 0 Å². The van der Waals surface area contributed by atoms with Gasteiger partial charge in [0.15, 0.2) is 0 Å². The lowest BCUT2D eigenvalue weighted by Crippen LogP contribution is -2.47. The summed E-state index contributed by atoms with van der Waals surface area (Å²) in [6.07, 6.45) is 5.30. The molecule has 1 aromatic carbocycles. The number of carbonyl (C=O) groups excluding carboxylic acids is 2. The summed E-state index contributed by atoms with van der Waals surface area (Å²) in [6.45, 7) is 4.03. The fourth-order valence-corrected chi connectivity index (χ4v) is 4.62. The smallest absolute Gasteiger partial charge is 0.290 e. The van der Waals surface area contributed by atoms with Crippen molar-refractivity contribution in [3.05, 3.63) is 29.8 Å². The van der Waals surface area contributed by atoms with Crippen molar-refractivity contribution in [2.24, 2.45) is 5.92 Å². The van der Waals surface area contributed by atoms with Gasteiger partial charge in [0, 0.05) is 50.2 Å². The zero-order chi connectivity index (χ0) is 23.6. The van der Waals surface area contributed by atoms with Crippen LogP contribution in [0.3, 0.4) is 0 Å². The van der Waals surface area contributed by atoms with E-state index in [4.69, 9.17) is 14.6 Å². The molecule has 0 radical (unpaired) electrons. The minimum absolute atomic E-state index is 0.0734. The van der Waals surface area contributed by atoms with Gasteiger partial charge in [-0.25, -0.2) is 0 Å². The number of phenolic OH excluding ortho intramolecular Hbond substituents is 1. The van der Waals surface area contributed by atoms with E-state index in [1.165, 1.54) is 12.8 Å². The molecule has 4 rings (SSSR count). The van der Waals surface area contributed by atoms with Gasteiger partial charge in [-0.05, 0) is 37.7 Å². The summed E-state index contributed by atoms with van der Waals surface area (Å²) in [7, 11) is 0. The third-order valence-corrected chi connectivity index (χ3v) is 6.59. The van der Waals surface area contributed by atoms with Gasteiger partial charge < -0.3 is 25.2 Å². The Balaban J connectivity index is 0.000000968. The van der Waals surface area contributed by atoms with E-state index >= 15 is 0 Å². The number of likely N-dealkylation sites (tertiary alicyclic amines) is 1. The number of morpholine rings is 1. The van der Waals surface area contributed by atoms with E-state index in [1.807, 2.05) is 11.0 Å². The van der Waals surface area contributed by atoms with Crippen LogP contribution in [0.15, 0.2) is 24.3 Å². The van der Waals surface area contributed by atoms with Crippen LogP contribution < -0.4 is 5.32 Å². The van der Waals surface area contributed by atoms with Crippen molar-refractivity contribution in [1.82, 2.24) is 15.1 Å². The molecule has 9 heteroatoms. The first-order valence-electron chi connectivity index (χ1n) is 11.7. The van der Waals surface area contributed by atoms with E-state index in [0.717, 1.165) is 25.3 Å². The molecular weight excluding hydrogens is 426 g/mol. The van der Waals surface area contributed by atoms with Crippen LogP contribution in [0, 0.1) is 5.92 Å². The Morgan fingerprint density at radius 3 is 2.42 bits per heavy atom. The maximum atomic E-state index is 12.8. The Morgan fingerprint density at radius 1 is 1.09 bits per heavy atom. The Labute approximate surface area is 194 Å². The fourth-order valence-electron chi connectivity index (χ4n) is 4.62. The van der Waals surface area contributed by atoms with Crippen molar-refractivity contribution in [2.45, 2.75) is 50.6 Å². The van der Waals surface area contributed by atoms with Crippen molar-refractivity contribution in [3.8, 4) is 5.75 Å². The van der Waals surface area contributed by atoms with Crippen LogP contribution >= 0.6 is 0 Å². The van der Waals surface area contributed by atoms with Crippen molar-refractivity contribution in [1.29, 1.82) is 0 Å². The molecule has 2 saturated heterocycles. The number of carboxylic acid groups (broad SMARTS) is 1. The van der Waals surface area contributed by atoms with E-state index in [0.29, 0.717) is 44.8 Å². The molecule has 2 atom stereocenters. The average Bonchev–Trinajstić information content (AvgIpc) is 3.56. The molecule has 9 nitrogen and oxygen atoms in total. The molecule has 1 aliphatic carbocycles. The molecule has 1 saturated carbocycles. The number of nitrogens with zero attached hydrogens (tertiary/aromatic N) is 2. The summed E-state index contributed by atoms with van der Waals surface area (Å²) in [4.78, 5) is 37.9. The molecule has 0 bridgehead atoms. The maximum absolute atomic E-state index is 12.8. The number of carbonyl (C=O) groups is 3. The first kappa shape index (κ1) is 25.0. The van der Waals surface area contributed by atoms with Gasteiger partial charge in [-0.15, -0.1) is 0 Å². The SMILES string of the molecule is O=C(Cc1ccccc1O)NC[C@@H]1CC[C@H](CC(=O)N2CCOCC2)N1CC1CC1.O=CO. The van der Waals surface area contributed by atoms with Crippen molar-refractivity contribution >= 4 is 18.3 Å². The average molecular weight is 462 g/mol. The molecular formula is C24H35N3O6.